The standard InChI is InChI=1S/C11H8F5IN2O3/c12-8-2-1-6(19(21)22)5-7(8)11(17(15)16)10(13,14)4-3-9(20)18-11/h1-2,5H,3-4H2,(H,18,20)/t11-/m1/s1. The third-order valence-electron chi connectivity index (χ3n) is 3.23. The summed E-state index contributed by atoms with van der Waals surface area (Å²) >= 11 is -5.60. The molecular weight excluding hydrogens is 430 g/mol. The van der Waals surface area contributed by atoms with Crippen molar-refractivity contribution in [2.75, 3.05) is 0 Å². The normalized spacial score (nSPS) is 24.6. The fourth-order valence-corrected chi connectivity index (χ4v) is 4.38. The monoisotopic (exact) mass is 438 g/mol. The molecule has 11 heteroatoms. The van der Waals surface area contributed by atoms with Gasteiger partial charge in [-0.1, -0.05) is 0 Å². The molecule has 1 aromatic rings. The summed E-state index contributed by atoms with van der Waals surface area (Å²) in [5, 5.41) is 12.2. The summed E-state index contributed by atoms with van der Waals surface area (Å²) in [6.45, 7) is 0. The van der Waals surface area contributed by atoms with Gasteiger partial charge in [-0.15, -0.1) is 0 Å². The van der Waals surface area contributed by atoms with Crippen molar-refractivity contribution in [3.8, 4) is 0 Å². The number of rotatable bonds is 3. The summed E-state index contributed by atoms with van der Waals surface area (Å²) in [6.07, 6.45) is -1.86. The van der Waals surface area contributed by atoms with Crippen molar-refractivity contribution < 1.29 is 28.6 Å². The molecule has 22 heavy (non-hydrogen) atoms. The van der Waals surface area contributed by atoms with Crippen molar-refractivity contribution in [2.24, 2.45) is 0 Å². The molecule has 0 aromatic heterocycles. The number of alkyl halides is 3. The zero-order valence-electron chi connectivity index (χ0n) is 10.6. The van der Waals surface area contributed by atoms with Crippen molar-refractivity contribution in [1.82, 2.24) is 5.32 Å². The Morgan fingerprint density at radius 3 is 2.50 bits per heavy atom. The summed E-state index contributed by atoms with van der Waals surface area (Å²) in [7, 11) is 0. The van der Waals surface area contributed by atoms with Crippen molar-refractivity contribution in [3.05, 3.63) is 39.7 Å². The van der Waals surface area contributed by atoms with E-state index in [0.717, 1.165) is 0 Å². The Kier molecular flexibility index (Phi) is 4.28. The summed E-state index contributed by atoms with van der Waals surface area (Å²) in [4.78, 5) is 21.0. The van der Waals surface area contributed by atoms with Gasteiger partial charge in [-0.25, -0.2) is 0 Å². The number of nitrogens with zero attached hydrogens (tertiary/aromatic N) is 1. The van der Waals surface area contributed by atoms with Gasteiger partial charge in [0, 0.05) is 0 Å². The van der Waals surface area contributed by atoms with Crippen molar-refractivity contribution >= 4 is 32.6 Å². The van der Waals surface area contributed by atoms with Crippen LogP contribution in [-0.4, -0.2) is 16.8 Å². The van der Waals surface area contributed by atoms with Gasteiger partial charge in [0.2, 0.25) is 0 Å². The van der Waals surface area contributed by atoms with Crippen molar-refractivity contribution in [3.63, 3.8) is 0 Å². The van der Waals surface area contributed by atoms with E-state index in [1.807, 2.05) is 0 Å². The molecule has 0 unspecified atom stereocenters. The molecule has 1 aromatic carbocycles. The quantitative estimate of drug-likeness (QED) is 0.195. The Balaban J connectivity index is 2.73. The first kappa shape index (κ1) is 16.8. The number of hydrogen-bond donors (Lipinski definition) is 1. The summed E-state index contributed by atoms with van der Waals surface area (Å²) < 4.78 is 65.8. The molecule has 1 saturated heterocycles. The second-order valence-corrected chi connectivity index (χ2v) is 7.27. The van der Waals surface area contributed by atoms with Crippen LogP contribution in [0.15, 0.2) is 18.2 Å². The summed E-state index contributed by atoms with van der Waals surface area (Å²) in [6, 6.07) is 1.47. The molecule has 1 atom stereocenters. The van der Waals surface area contributed by atoms with Gasteiger partial charge in [-0.2, -0.15) is 0 Å². The SMILES string of the molecule is O=C1CCC(F)(F)[C@](c2cc([N+](=O)[O-])ccc2F)(I(F)F)N1. The van der Waals surface area contributed by atoms with E-state index in [9.17, 15) is 33.8 Å². The Hall–Kier alpha value is -1.53. The zero-order chi connectivity index (χ0) is 16.7. The molecule has 0 bridgehead atoms. The second-order valence-electron chi connectivity index (χ2n) is 4.53. The van der Waals surface area contributed by atoms with Crippen LogP contribution in [0.4, 0.5) is 24.6 Å². The van der Waals surface area contributed by atoms with E-state index >= 15 is 0 Å². The minimum atomic E-state index is -5.60. The molecule has 5 nitrogen and oxygen atoms in total. The maximum atomic E-state index is 14.2. The molecule has 1 fully saturated rings. The predicted molar refractivity (Wildman–Crippen MR) is 73.3 cm³/mol. The Labute approximate surface area is 129 Å². The Morgan fingerprint density at radius 1 is 1.32 bits per heavy atom. The number of amides is 1. The first-order chi connectivity index (χ1) is 10.1. The van der Waals surface area contributed by atoms with Crippen LogP contribution in [0.2, 0.25) is 0 Å². The van der Waals surface area contributed by atoms with Gasteiger partial charge >= 0.3 is 128 Å². The van der Waals surface area contributed by atoms with E-state index in [0.29, 0.717) is 18.2 Å². The van der Waals surface area contributed by atoms with Crippen LogP contribution >= 0.6 is 21.0 Å². The van der Waals surface area contributed by atoms with Gasteiger partial charge in [0.15, 0.2) is 0 Å². The van der Waals surface area contributed by atoms with Crippen LogP contribution in [0, 0.1) is 15.9 Å². The van der Waals surface area contributed by atoms with Crippen molar-refractivity contribution in [1.29, 1.82) is 0 Å². The second kappa shape index (κ2) is 5.59. The van der Waals surface area contributed by atoms with Gasteiger partial charge in [0.25, 0.3) is 0 Å². The van der Waals surface area contributed by atoms with Crippen LogP contribution in [0.5, 0.6) is 0 Å². The number of nitrogens with one attached hydrogen (secondary N) is 1. The summed E-state index contributed by atoms with van der Waals surface area (Å²) in [5.74, 6) is -6.63. The molecule has 0 saturated carbocycles. The Morgan fingerprint density at radius 2 is 1.95 bits per heavy atom. The fraction of sp³-hybridized carbons (Fsp3) is 0.364. The first-order valence-electron chi connectivity index (χ1n) is 5.78. The van der Waals surface area contributed by atoms with E-state index in [-0.39, 0.29) is 0 Å². The molecule has 1 aliphatic rings. The molecule has 122 valence electrons. The van der Waals surface area contributed by atoms with Crippen LogP contribution in [0.3, 0.4) is 0 Å². The number of nitro benzene ring substituents is 1. The van der Waals surface area contributed by atoms with Crippen LogP contribution in [0.1, 0.15) is 18.4 Å². The Bertz CT molecular complexity index is 642. The molecule has 0 aliphatic carbocycles. The molecule has 1 heterocycles. The first-order valence-corrected chi connectivity index (χ1v) is 8.49. The van der Waals surface area contributed by atoms with Crippen LogP contribution in [0.25, 0.3) is 0 Å². The van der Waals surface area contributed by atoms with Crippen LogP contribution < -0.4 is 5.32 Å². The molecule has 1 N–H and O–H groups in total. The topological polar surface area (TPSA) is 72.2 Å². The maximum absolute atomic E-state index is 14.2. The third-order valence-corrected chi connectivity index (χ3v) is 6.09. The van der Waals surface area contributed by atoms with E-state index < -0.39 is 71.2 Å². The average Bonchev–Trinajstić information content (AvgIpc) is 2.41. The van der Waals surface area contributed by atoms with Crippen molar-refractivity contribution in [2.45, 2.75) is 22.3 Å². The number of piperidine rings is 1. The van der Waals surface area contributed by atoms with E-state index in [4.69, 9.17) is 0 Å². The zero-order valence-corrected chi connectivity index (χ0v) is 12.7. The minimum absolute atomic E-state index is 0.332. The van der Waals surface area contributed by atoms with Gasteiger partial charge in [0.05, 0.1) is 0 Å². The molecule has 0 radical (unpaired) electrons. The third kappa shape index (κ3) is 2.50. The molecule has 1 amide bonds. The predicted octanol–water partition coefficient (Wildman–Crippen LogP) is 3.71. The number of non-ortho nitro benzene ring substituents is 1. The molecule has 2 rings (SSSR count). The number of halogens is 6. The van der Waals surface area contributed by atoms with E-state index in [1.54, 1.807) is 0 Å². The van der Waals surface area contributed by atoms with E-state index in [2.05, 4.69) is 0 Å². The number of carbonyl (C=O) groups excluding carboxylic acids is 1. The van der Waals surface area contributed by atoms with Gasteiger partial charge < -0.3 is 0 Å². The number of nitro groups is 1. The molecular formula is C11H8F5IN2O3. The van der Waals surface area contributed by atoms with E-state index in [1.165, 1.54) is 5.32 Å². The fourth-order valence-electron chi connectivity index (χ4n) is 2.16. The summed E-state index contributed by atoms with van der Waals surface area (Å²) in [5.41, 5.74) is -2.06. The molecule has 0 spiro atoms. The number of carbonyl (C=O) groups is 1. The average molecular weight is 438 g/mol. The van der Waals surface area contributed by atoms with Gasteiger partial charge in [-0.05, 0) is 0 Å². The van der Waals surface area contributed by atoms with Gasteiger partial charge in [-0.3, -0.25) is 0 Å². The molecule has 1 aliphatic heterocycles. The van der Waals surface area contributed by atoms with Crippen LogP contribution in [-0.2, 0) is 8.34 Å². The number of hydrogen-bond acceptors (Lipinski definition) is 3. The van der Waals surface area contributed by atoms with Gasteiger partial charge in [0.1, 0.15) is 0 Å². The number of benzene rings is 1.